The molecule has 1 atom stereocenters. The van der Waals surface area contributed by atoms with Gasteiger partial charge in [-0.3, -0.25) is 4.79 Å². The van der Waals surface area contributed by atoms with Crippen molar-refractivity contribution in [3.05, 3.63) is 47.3 Å². The molecule has 0 aliphatic carbocycles. The van der Waals surface area contributed by atoms with E-state index in [1.807, 2.05) is 6.07 Å². The van der Waals surface area contributed by atoms with Crippen molar-refractivity contribution >= 4 is 17.5 Å². The fourth-order valence-electron chi connectivity index (χ4n) is 3.56. The van der Waals surface area contributed by atoms with Crippen LogP contribution in [0.4, 0.5) is 11.6 Å². The molecule has 26 heavy (non-hydrogen) atoms. The highest BCUT2D eigenvalue weighted by molar-refractivity contribution is 6.04. The van der Waals surface area contributed by atoms with Crippen LogP contribution in [0.3, 0.4) is 0 Å². The van der Waals surface area contributed by atoms with E-state index in [1.165, 1.54) is 12.8 Å². The summed E-state index contributed by atoms with van der Waals surface area (Å²) in [5.74, 6) is 1.23. The van der Waals surface area contributed by atoms with E-state index in [0.29, 0.717) is 11.5 Å². The summed E-state index contributed by atoms with van der Waals surface area (Å²) in [7, 11) is 0. The Kier molecular flexibility index (Phi) is 5.86. The molecule has 0 bridgehead atoms. The Bertz CT molecular complexity index is 735. The molecule has 0 radical (unpaired) electrons. The SMILES string of the molecule is CCc1cccc(CC)c1NC(=O)c1cnc(N2CCCC(C)C2)nc1. The number of aryl methyl sites for hydroxylation is 2. The molecule has 0 spiro atoms. The molecule has 1 saturated heterocycles. The minimum absolute atomic E-state index is 0.154. The van der Waals surface area contributed by atoms with E-state index >= 15 is 0 Å². The Hall–Kier alpha value is -2.43. The van der Waals surface area contributed by atoms with Gasteiger partial charge in [-0.2, -0.15) is 0 Å². The lowest BCUT2D eigenvalue weighted by molar-refractivity contribution is 0.102. The quantitative estimate of drug-likeness (QED) is 0.880. The Balaban J connectivity index is 1.75. The van der Waals surface area contributed by atoms with Gasteiger partial charge in [-0.15, -0.1) is 0 Å². The molecule has 3 rings (SSSR count). The number of nitrogens with one attached hydrogen (secondary N) is 1. The summed E-state index contributed by atoms with van der Waals surface area (Å²) in [5.41, 5.74) is 3.72. The van der Waals surface area contributed by atoms with Gasteiger partial charge in [0.15, 0.2) is 0 Å². The molecule has 138 valence electrons. The lowest BCUT2D eigenvalue weighted by atomic mass is 10.0. The number of anilines is 2. The molecular formula is C21H28N4O. The summed E-state index contributed by atoms with van der Waals surface area (Å²) < 4.78 is 0. The molecule has 2 heterocycles. The Morgan fingerprint density at radius 3 is 2.42 bits per heavy atom. The number of nitrogens with zero attached hydrogens (tertiary/aromatic N) is 3. The summed E-state index contributed by atoms with van der Waals surface area (Å²) in [4.78, 5) is 23.8. The fraction of sp³-hybridized carbons (Fsp3) is 0.476. The first kappa shape index (κ1) is 18.4. The maximum atomic E-state index is 12.7. The van der Waals surface area contributed by atoms with Crippen molar-refractivity contribution in [3.63, 3.8) is 0 Å². The molecule has 5 heteroatoms. The molecule has 1 unspecified atom stereocenters. The molecule has 0 saturated carbocycles. The Morgan fingerprint density at radius 2 is 1.85 bits per heavy atom. The standard InChI is InChI=1S/C21H28N4O/c1-4-16-9-6-10-17(5-2)19(16)24-20(26)18-12-22-21(23-13-18)25-11-7-8-15(3)14-25/h6,9-10,12-13,15H,4-5,7-8,11,14H2,1-3H3,(H,24,26). The van der Waals surface area contributed by atoms with Crippen LogP contribution in [-0.4, -0.2) is 29.0 Å². The minimum Gasteiger partial charge on any atom is -0.341 e. The number of hydrogen-bond donors (Lipinski definition) is 1. The minimum atomic E-state index is -0.154. The van der Waals surface area contributed by atoms with Crippen LogP contribution in [0.5, 0.6) is 0 Å². The van der Waals surface area contributed by atoms with E-state index in [-0.39, 0.29) is 5.91 Å². The lowest BCUT2D eigenvalue weighted by Gasteiger charge is -2.30. The van der Waals surface area contributed by atoms with E-state index in [1.54, 1.807) is 12.4 Å². The highest BCUT2D eigenvalue weighted by Gasteiger charge is 2.19. The molecular weight excluding hydrogens is 324 g/mol. The highest BCUT2D eigenvalue weighted by atomic mass is 16.1. The molecule has 1 amide bonds. The van der Waals surface area contributed by atoms with Gasteiger partial charge in [0.2, 0.25) is 5.95 Å². The first-order chi connectivity index (χ1) is 12.6. The van der Waals surface area contributed by atoms with Gasteiger partial charge in [-0.25, -0.2) is 9.97 Å². The summed E-state index contributed by atoms with van der Waals surface area (Å²) in [5, 5.41) is 3.07. The highest BCUT2D eigenvalue weighted by Crippen LogP contribution is 2.24. The zero-order chi connectivity index (χ0) is 18.5. The molecule has 5 nitrogen and oxygen atoms in total. The third-order valence-corrected chi connectivity index (χ3v) is 5.08. The summed E-state index contributed by atoms with van der Waals surface area (Å²) in [6.45, 7) is 8.42. The second kappa shape index (κ2) is 8.30. The van der Waals surface area contributed by atoms with Crippen molar-refractivity contribution in [1.29, 1.82) is 0 Å². The molecule has 2 aromatic rings. The number of carbonyl (C=O) groups is 1. The fourth-order valence-corrected chi connectivity index (χ4v) is 3.56. The maximum Gasteiger partial charge on any atom is 0.258 e. The molecule has 1 aliphatic heterocycles. The van der Waals surface area contributed by atoms with Crippen LogP contribution in [0, 0.1) is 5.92 Å². The average Bonchev–Trinajstić information content (AvgIpc) is 2.68. The van der Waals surface area contributed by atoms with Crippen LogP contribution in [0.15, 0.2) is 30.6 Å². The molecule has 1 aromatic carbocycles. The number of para-hydroxylation sites is 1. The maximum absolute atomic E-state index is 12.7. The van der Waals surface area contributed by atoms with Gasteiger partial charge in [-0.1, -0.05) is 39.0 Å². The van der Waals surface area contributed by atoms with Crippen molar-refractivity contribution in [2.24, 2.45) is 5.92 Å². The van der Waals surface area contributed by atoms with Crippen molar-refractivity contribution < 1.29 is 4.79 Å². The molecule has 1 aliphatic rings. The number of rotatable bonds is 5. The zero-order valence-electron chi connectivity index (χ0n) is 16.0. The average molecular weight is 352 g/mol. The predicted molar refractivity (Wildman–Crippen MR) is 106 cm³/mol. The van der Waals surface area contributed by atoms with Crippen LogP contribution in [0.1, 0.15) is 55.1 Å². The van der Waals surface area contributed by atoms with Crippen LogP contribution in [0.2, 0.25) is 0 Å². The summed E-state index contributed by atoms with van der Waals surface area (Å²) in [6, 6.07) is 6.17. The van der Waals surface area contributed by atoms with E-state index in [4.69, 9.17) is 0 Å². The number of hydrogen-bond acceptors (Lipinski definition) is 4. The molecule has 1 aromatic heterocycles. The van der Waals surface area contributed by atoms with Crippen molar-refractivity contribution in [3.8, 4) is 0 Å². The topological polar surface area (TPSA) is 58.1 Å². The van der Waals surface area contributed by atoms with Gasteiger partial charge in [-0.05, 0) is 42.7 Å². The van der Waals surface area contributed by atoms with Crippen molar-refractivity contribution in [2.75, 3.05) is 23.3 Å². The largest absolute Gasteiger partial charge is 0.341 e. The van der Waals surface area contributed by atoms with E-state index in [9.17, 15) is 4.79 Å². The normalized spacial score (nSPS) is 17.2. The smallest absolute Gasteiger partial charge is 0.258 e. The van der Waals surface area contributed by atoms with Crippen molar-refractivity contribution in [2.45, 2.75) is 46.5 Å². The number of aromatic nitrogens is 2. The second-order valence-electron chi connectivity index (χ2n) is 7.08. The van der Waals surface area contributed by atoms with E-state index in [0.717, 1.165) is 48.7 Å². The molecule has 1 N–H and O–H groups in total. The predicted octanol–water partition coefficient (Wildman–Crippen LogP) is 4.09. The van der Waals surface area contributed by atoms with Gasteiger partial charge in [0.05, 0.1) is 5.56 Å². The van der Waals surface area contributed by atoms with E-state index in [2.05, 4.69) is 53.1 Å². The van der Waals surface area contributed by atoms with Crippen LogP contribution >= 0.6 is 0 Å². The summed E-state index contributed by atoms with van der Waals surface area (Å²) >= 11 is 0. The number of carbonyl (C=O) groups excluding carboxylic acids is 1. The zero-order valence-corrected chi connectivity index (χ0v) is 16.0. The Labute approximate surface area is 155 Å². The van der Waals surface area contributed by atoms with Crippen molar-refractivity contribution in [1.82, 2.24) is 9.97 Å². The lowest BCUT2D eigenvalue weighted by Crippen LogP contribution is -2.35. The van der Waals surface area contributed by atoms with Gasteiger partial charge in [0.1, 0.15) is 0 Å². The first-order valence-electron chi connectivity index (χ1n) is 9.61. The monoisotopic (exact) mass is 352 g/mol. The second-order valence-corrected chi connectivity index (χ2v) is 7.08. The third kappa shape index (κ3) is 4.03. The van der Waals surface area contributed by atoms with Gasteiger partial charge >= 0.3 is 0 Å². The Morgan fingerprint density at radius 1 is 1.19 bits per heavy atom. The van der Waals surface area contributed by atoms with Crippen LogP contribution < -0.4 is 10.2 Å². The van der Waals surface area contributed by atoms with Gasteiger partial charge < -0.3 is 10.2 Å². The first-order valence-corrected chi connectivity index (χ1v) is 9.61. The number of amides is 1. The number of benzene rings is 1. The van der Waals surface area contributed by atoms with Crippen LogP contribution in [-0.2, 0) is 12.8 Å². The van der Waals surface area contributed by atoms with Crippen LogP contribution in [0.25, 0.3) is 0 Å². The number of piperidine rings is 1. The molecule has 1 fully saturated rings. The van der Waals surface area contributed by atoms with Gasteiger partial charge in [0.25, 0.3) is 5.91 Å². The summed E-state index contributed by atoms with van der Waals surface area (Å²) in [6.07, 6.45) is 7.46. The van der Waals surface area contributed by atoms with E-state index < -0.39 is 0 Å². The third-order valence-electron chi connectivity index (χ3n) is 5.08. The van der Waals surface area contributed by atoms with Gasteiger partial charge in [0, 0.05) is 31.2 Å².